The predicted octanol–water partition coefficient (Wildman–Crippen LogP) is 2.78. The van der Waals surface area contributed by atoms with Gasteiger partial charge in [0, 0.05) is 11.3 Å². The Hall–Kier alpha value is -2.38. The lowest BCUT2D eigenvalue weighted by Crippen LogP contribution is -2.31. The monoisotopic (exact) mass is 395 g/mol. The van der Waals surface area contributed by atoms with Crippen LogP contribution in [-0.4, -0.2) is 33.2 Å². The van der Waals surface area contributed by atoms with E-state index >= 15 is 0 Å². The summed E-state index contributed by atoms with van der Waals surface area (Å²) < 4.78 is 27.7. The van der Waals surface area contributed by atoms with Crippen molar-refractivity contribution in [1.29, 1.82) is 0 Å². The second kappa shape index (κ2) is 8.33. The smallest absolute Gasteiger partial charge is 0.338 e. The van der Waals surface area contributed by atoms with E-state index < -0.39 is 28.3 Å². The number of carbonyl (C=O) groups excluding carboxylic acids is 2. The molecule has 6 nitrogen and oxygen atoms in total. The van der Waals surface area contributed by atoms with Crippen LogP contribution in [0.25, 0.3) is 0 Å². The van der Waals surface area contributed by atoms with E-state index in [0.717, 1.165) is 11.8 Å². The summed E-state index contributed by atoms with van der Waals surface area (Å²) in [6, 6.07) is 12.1. The maximum Gasteiger partial charge on any atom is 0.338 e. The standard InChI is InChI=1S/C18H18ClNO5S/c1-12(14-4-3-5-15(19)10-14)20-17(21)11-25-18(22)13-6-8-16(9-7-13)26(2,23)24/h3-10,12H,11H2,1-2H3,(H,20,21)/t12-/m1/s1. The van der Waals surface area contributed by atoms with Crippen molar-refractivity contribution in [2.45, 2.75) is 17.9 Å². The lowest BCUT2D eigenvalue weighted by atomic mass is 10.1. The average molecular weight is 396 g/mol. The number of carbonyl (C=O) groups is 2. The summed E-state index contributed by atoms with van der Waals surface area (Å²) in [5, 5.41) is 3.27. The molecule has 0 bridgehead atoms. The lowest BCUT2D eigenvalue weighted by molar-refractivity contribution is -0.124. The number of halogens is 1. The molecule has 0 fully saturated rings. The van der Waals surface area contributed by atoms with E-state index in [-0.39, 0.29) is 16.5 Å². The van der Waals surface area contributed by atoms with Crippen LogP contribution in [0.1, 0.15) is 28.9 Å². The molecule has 138 valence electrons. The highest BCUT2D eigenvalue weighted by Crippen LogP contribution is 2.17. The Morgan fingerprint density at radius 2 is 1.81 bits per heavy atom. The van der Waals surface area contributed by atoms with Crippen LogP contribution in [0.15, 0.2) is 53.4 Å². The Morgan fingerprint density at radius 3 is 2.38 bits per heavy atom. The molecule has 0 aliphatic rings. The third-order valence-corrected chi connectivity index (χ3v) is 4.94. The van der Waals surface area contributed by atoms with Gasteiger partial charge in [0.15, 0.2) is 16.4 Å². The van der Waals surface area contributed by atoms with E-state index in [1.54, 1.807) is 25.1 Å². The highest BCUT2D eigenvalue weighted by molar-refractivity contribution is 7.90. The van der Waals surface area contributed by atoms with Crippen LogP contribution < -0.4 is 5.32 Å². The molecule has 0 aliphatic carbocycles. The number of benzene rings is 2. The Kier molecular flexibility index (Phi) is 6.39. The summed E-state index contributed by atoms with van der Waals surface area (Å²) in [5.41, 5.74) is 0.988. The Balaban J connectivity index is 1.89. The molecule has 0 spiro atoms. The van der Waals surface area contributed by atoms with E-state index in [9.17, 15) is 18.0 Å². The van der Waals surface area contributed by atoms with Crippen LogP contribution in [0.3, 0.4) is 0 Å². The summed E-state index contributed by atoms with van der Waals surface area (Å²) in [6.07, 6.45) is 1.08. The van der Waals surface area contributed by atoms with Crippen molar-refractivity contribution in [3.63, 3.8) is 0 Å². The van der Waals surface area contributed by atoms with Gasteiger partial charge in [-0.1, -0.05) is 23.7 Å². The molecule has 0 radical (unpaired) electrons. The predicted molar refractivity (Wildman–Crippen MR) is 97.8 cm³/mol. The zero-order valence-electron chi connectivity index (χ0n) is 14.2. The molecule has 0 aliphatic heterocycles. The van der Waals surface area contributed by atoms with Gasteiger partial charge in [-0.25, -0.2) is 13.2 Å². The van der Waals surface area contributed by atoms with Crippen molar-refractivity contribution >= 4 is 33.3 Å². The largest absolute Gasteiger partial charge is 0.452 e. The number of esters is 1. The minimum absolute atomic E-state index is 0.0992. The van der Waals surface area contributed by atoms with E-state index in [1.165, 1.54) is 24.3 Å². The number of sulfone groups is 1. The second-order valence-electron chi connectivity index (χ2n) is 5.72. The molecule has 0 heterocycles. The summed E-state index contributed by atoms with van der Waals surface area (Å²) in [4.78, 5) is 24.0. The van der Waals surface area contributed by atoms with Crippen molar-refractivity contribution in [3.05, 3.63) is 64.7 Å². The normalized spacial score (nSPS) is 12.3. The highest BCUT2D eigenvalue weighted by Gasteiger charge is 2.14. The molecule has 0 unspecified atom stereocenters. The average Bonchev–Trinajstić information content (AvgIpc) is 2.59. The van der Waals surface area contributed by atoms with Gasteiger partial charge < -0.3 is 10.1 Å². The number of hydrogen-bond donors (Lipinski definition) is 1. The first-order valence-corrected chi connectivity index (χ1v) is 9.96. The molecule has 1 N–H and O–H groups in total. The van der Waals surface area contributed by atoms with E-state index in [0.29, 0.717) is 5.02 Å². The third-order valence-electron chi connectivity index (χ3n) is 3.58. The maximum atomic E-state index is 11.9. The van der Waals surface area contributed by atoms with Gasteiger partial charge in [0.05, 0.1) is 16.5 Å². The number of nitrogens with one attached hydrogen (secondary N) is 1. The first-order valence-electron chi connectivity index (χ1n) is 7.69. The molecule has 0 saturated heterocycles. The highest BCUT2D eigenvalue weighted by atomic mass is 35.5. The van der Waals surface area contributed by atoms with Crippen molar-refractivity contribution in [3.8, 4) is 0 Å². The minimum Gasteiger partial charge on any atom is -0.452 e. The fraction of sp³-hybridized carbons (Fsp3) is 0.222. The zero-order chi connectivity index (χ0) is 19.3. The summed E-state index contributed by atoms with van der Waals surface area (Å²) in [6.45, 7) is 1.34. The Labute approximate surface area is 157 Å². The molecule has 8 heteroatoms. The van der Waals surface area contributed by atoms with Crippen LogP contribution in [0.2, 0.25) is 5.02 Å². The van der Waals surface area contributed by atoms with Crippen molar-refractivity contribution in [2.24, 2.45) is 0 Å². The van der Waals surface area contributed by atoms with Gasteiger partial charge in [0.25, 0.3) is 5.91 Å². The van der Waals surface area contributed by atoms with Gasteiger partial charge in [0.1, 0.15) is 0 Å². The third kappa shape index (κ3) is 5.57. The number of rotatable bonds is 6. The van der Waals surface area contributed by atoms with Gasteiger partial charge >= 0.3 is 5.97 Å². The van der Waals surface area contributed by atoms with Crippen molar-refractivity contribution < 1.29 is 22.7 Å². The quantitative estimate of drug-likeness (QED) is 0.759. The number of hydrogen-bond acceptors (Lipinski definition) is 5. The minimum atomic E-state index is -3.34. The SMILES string of the molecule is C[C@@H](NC(=O)COC(=O)c1ccc(S(C)(=O)=O)cc1)c1cccc(Cl)c1. The molecule has 2 aromatic rings. The maximum absolute atomic E-state index is 11.9. The first kappa shape index (κ1) is 19.9. The van der Waals surface area contributed by atoms with Gasteiger partial charge in [0.2, 0.25) is 0 Å². The summed E-state index contributed by atoms with van der Waals surface area (Å²) >= 11 is 5.92. The molecule has 26 heavy (non-hydrogen) atoms. The Morgan fingerprint density at radius 1 is 1.15 bits per heavy atom. The van der Waals surface area contributed by atoms with E-state index in [2.05, 4.69) is 5.32 Å². The van der Waals surface area contributed by atoms with Crippen LogP contribution in [-0.2, 0) is 19.4 Å². The topological polar surface area (TPSA) is 89.5 Å². The summed E-state index contributed by atoms with van der Waals surface area (Å²) in [7, 11) is -3.34. The molecule has 1 amide bonds. The number of ether oxygens (including phenoxy) is 1. The molecular formula is C18H18ClNO5S. The van der Waals surface area contributed by atoms with Crippen LogP contribution in [0, 0.1) is 0 Å². The van der Waals surface area contributed by atoms with Gasteiger partial charge in [-0.3, -0.25) is 4.79 Å². The lowest BCUT2D eigenvalue weighted by Gasteiger charge is -2.14. The van der Waals surface area contributed by atoms with Crippen molar-refractivity contribution in [1.82, 2.24) is 5.32 Å². The van der Waals surface area contributed by atoms with Crippen LogP contribution in [0.4, 0.5) is 0 Å². The molecular weight excluding hydrogens is 378 g/mol. The molecule has 1 atom stereocenters. The van der Waals surface area contributed by atoms with Crippen LogP contribution in [0.5, 0.6) is 0 Å². The van der Waals surface area contributed by atoms with Gasteiger partial charge in [-0.15, -0.1) is 0 Å². The molecule has 2 aromatic carbocycles. The summed E-state index contributed by atoms with van der Waals surface area (Å²) in [5.74, 6) is -1.17. The molecule has 0 saturated carbocycles. The zero-order valence-corrected chi connectivity index (χ0v) is 15.8. The molecule has 2 rings (SSSR count). The fourth-order valence-electron chi connectivity index (χ4n) is 2.20. The first-order chi connectivity index (χ1) is 12.2. The van der Waals surface area contributed by atoms with E-state index in [4.69, 9.17) is 16.3 Å². The van der Waals surface area contributed by atoms with Gasteiger partial charge in [-0.2, -0.15) is 0 Å². The van der Waals surface area contributed by atoms with Gasteiger partial charge in [-0.05, 0) is 48.9 Å². The second-order valence-corrected chi connectivity index (χ2v) is 8.17. The molecule has 0 aromatic heterocycles. The van der Waals surface area contributed by atoms with Crippen molar-refractivity contribution in [2.75, 3.05) is 12.9 Å². The van der Waals surface area contributed by atoms with Crippen LogP contribution >= 0.6 is 11.6 Å². The fourth-order valence-corrected chi connectivity index (χ4v) is 3.02. The van der Waals surface area contributed by atoms with E-state index in [1.807, 2.05) is 6.07 Å². The number of amides is 1. The Bertz CT molecular complexity index is 909.